The van der Waals surface area contributed by atoms with Crippen LogP contribution in [-0.2, 0) is 4.74 Å². The number of fused-ring (bicyclic) bond motifs is 1. The van der Waals surface area contributed by atoms with Crippen LogP contribution in [0.2, 0.25) is 5.02 Å². The van der Waals surface area contributed by atoms with Gasteiger partial charge in [0, 0.05) is 4.88 Å². The van der Waals surface area contributed by atoms with Crippen molar-refractivity contribution in [2.75, 3.05) is 0 Å². The number of hydrogen-bond acceptors (Lipinski definition) is 5. The summed E-state index contributed by atoms with van der Waals surface area (Å²) in [5.41, 5.74) is 0.661. The molecule has 1 unspecified atom stereocenters. The van der Waals surface area contributed by atoms with E-state index in [1.807, 2.05) is 13.8 Å². The van der Waals surface area contributed by atoms with Gasteiger partial charge in [0.15, 0.2) is 11.9 Å². The Morgan fingerprint density at radius 3 is 2.80 bits per heavy atom. The number of ether oxygens (including phenoxy) is 1. The van der Waals surface area contributed by atoms with Crippen LogP contribution < -0.4 is 5.56 Å². The van der Waals surface area contributed by atoms with Gasteiger partial charge in [-0.3, -0.25) is 4.79 Å². The molecule has 0 aliphatic heterocycles. The highest BCUT2D eigenvalue weighted by atomic mass is 35.5. The fourth-order valence-corrected chi connectivity index (χ4v) is 3.68. The Morgan fingerprint density at radius 2 is 2.12 bits per heavy atom. The first-order valence-electron chi connectivity index (χ1n) is 7.44. The molecule has 0 aliphatic rings. The van der Waals surface area contributed by atoms with Gasteiger partial charge in [-0.2, -0.15) is 0 Å². The molecule has 1 atom stereocenters. The highest BCUT2D eigenvalue weighted by molar-refractivity contribution is 7.18. The number of nitrogens with zero attached hydrogens (tertiary/aromatic N) is 1. The second-order valence-electron chi connectivity index (χ2n) is 5.59. The Balaban J connectivity index is 1.90. The summed E-state index contributed by atoms with van der Waals surface area (Å²) >= 11 is 7.27. The maximum absolute atomic E-state index is 13.1. The van der Waals surface area contributed by atoms with Crippen LogP contribution in [0.5, 0.6) is 0 Å². The van der Waals surface area contributed by atoms with E-state index in [0.29, 0.717) is 10.2 Å². The summed E-state index contributed by atoms with van der Waals surface area (Å²) in [6.45, 7) is 5.37. The number of hydrogen-bond donors (Lipinski definition) is 1. The molecule has 0 fully saturated rings. The number of carbonyl (C=O) groups excluding carboxylic acids is 1. The third kappa shape index (κ3) is 3.29. The summed E-state index contributed by atoms with van der Waals surface area (Å²) in [5, 5.41) is 0.505. The lowest BCUT2D eigenvalue weighted by molar-refractivity contribution is 0.0320. The second kappa shape index (κ2) is 6.57. The number of carbonyl (C=O) groups is 1. The molecule has 0 saturated carbocycles. The van der Waals surface area contributed by atoms with Crippen molar-refractivity contribution in [2.45, 2.75) is 26.9 Å². The zero-order valence-corrected chi connectivity index (χ0v) is 15.2. The fraction of sp³-hybridized carbons (Fsp3) is 0.235. The Labute approximate surface area is 151 Å². The first-order chi connectivity index (χ1) is 11.8. The highest BCUT2D eigenvalue weighted by Crippen LogP contribution is 2.27. The number of rotatable bonds is 3. The molecule has 2 heterocycles. The SMILES string of the molecule is Cc1sc2nc(C(C)OC(=O)c3ccc(F)cc3Cl)[nH]c(=O)c2c1C. The molecule has 3 aromatic rings. The lowest BCUT2D eigenvalue weighted by Gasteiger charge is -2.13. The second-order valence-corrected chi connectivity index (χ2v) is 7.20. The largest absolute Gasteiger partial charge is 0.451 e. The predicted octanol–water partition coefficient (Wildman–Crippen LogP) is 4.31. The van der Waals surface area contributed by atoms with Crippen LogP contribution >= 0.6 is 22.9 Å². The molecule has 25 heavy (non-hydrogen) atoms. The van der Waals surface area contributed by atoms with E-state index in [0.717, 1.165) is 22.6 Å². The number of aryl methyl sites for hydroxylation is 2. The van der Waals surface area contributed by atoms with Crippen molar-refractivity contribution in [3.8, 4) is 0 Å². The van der Waals surface area contributed by atoms with Gasteiger partial charge in [0.05, 0.1) is 16.0 Å². The Hall–Kier alpha value is -2.25. The number of aromatic amines is 1. The number of halogens is 2. The number of thiophene rings is 1. The molecular weight excluding hydrogens is 367 g/mol. The average Bonchev–Trinajstić information content (AvgIpc) is 2.82. The van der Waals surface area contributed by atoms with E-state index < -0.39 is 17.9 Å². The molecule has 3 rings (SSSR count). The number of benzene rings is 1. The van der Waals surface area contributed by atoms with Crippen LogP contribution in [-0.4, -0.2) is 15.9 Å². The summed E-state index contributed by atoms with van der Waals surface area (Å²) in [6, 6.07) is 3.40. The van der Waals surface area contributed by atoms with E-state index >= 15 is 0 Å². The van der Waals surface area contributed by atoms with Gasteiger partial charge in [-0.05, 0) is 44.5 Å². The van der Waals surface area contributed by atoms with Crippen molar-refractivity contribution >= 4 is 39.1 Å². The zero-order chi connectivity index (χ0) is 18.3. The van der Waals surface area contributed by atoms with Gasteiger partial charge < -0.3 is 9.72 Å². The fourth-order valence-electron chi connectivity index (χ4n) is 2.40. The number of esters is 1. The molecule has 0 radical (unpaired) electrons. The van der Waals surface area contributed by atoms with Crippen LogP contribution in [0.1, 0.15) is 39.7 Å². The Bertz CT molecular complexity index is 1040. The first-order valence-corrected chi connectivity index (χ1v) is 8.63. The summed E-state index contributed by atoms with van der Waals surface area (Å²) in [4.78, 5) is 33.2. The van der Waals surface area contributed by atoms with Gasteiger partial charge >= 0.3 is 5.97 Å². The average molecular weight is 381 g/mol. The van der Waals surface area contributed by atoms with Crippen LogP contribution in [0, 0.1) is 19.7 Å². The van der Waals surface area contributed by atoms with Crippen molar-refractivity contribution in [2.24, 2.45) is 0 Å². The first kappa shape index (κ1) is 17.6. The Morgan fingerprint density at radius 1 is 1.40 bits per heavy atom. The van der Waals surface area contributed by atoms with Gasteiger partial charge in [-0.15, -0.1) is 11.3 Å². The van der Waals surface area contributed by atoms with Gasteiger partial charge in [0.2, 0.25) is 0 Å². The minimum absolute atomic E-state index is 0.0427. The van der Waals surface area contributed by atoms with E-state index in [1.54, 1.807) is 6.92 Å². The molecule has 0 spiro atoms. The molecule has 0 amide bonds. The lowest BCUT2D eigenvalue weighted by atomic mass is 10.2. The smallest absolute Gasteiger partial charge is 0.340 e. The van der Waals surface area contributed by atoms with Crippen LogP contribution in [0.15, 0.2) is 23.0 Å². The van der Waals surface area contributed by atoms with Gasteiger partial charge in [-0.1, -0.05) is 11.6 Å². The van der Waals surface area contributed by atoms with Crippen LogP contribution in [0.3, 0.4) is 0 Å². The van der Waals surface area contributed by atoms with Crippen molar-refractivity contribution in [1.29, 1.82) is 0 Å². The normalized spacial score (nSPS) is 12.4. The predicted molar refractivity (Wildman–Crippen MR) is 95.0 cm³/mol. The number of H-pyrrole nitrogens is 1. The van der Waals surface area contributed by atoms with E-state index in [1.165, 1.54) is 17.4 Å². The topological polar surface area (TPSA) is 72.0 Å². The third-order valence-electron chi connectivity index (χ3n) is 3.88. The number of nitrogens with one attached hydrogen (secondary N) is 1. The van der Waals surface area contributed by atoms with E-state index in [4.69, 9.17) is 16.3 Å². The molecule has 0 bridgehead atoms. The van der Waals surface area contributed by atoms with Gasteiger partial charge in [-0.25, -0.2) is 14.2 Å². The summed E-state index contributed by atoms with van der Waals surface area (Å²) in [6.07, 6.45) is -0.798. The quantitative estimate of drug-likeness (QED) is 0.687. The molecular formula is C17H14ClFN2O3S. The standard InChI is InChI=1S/C17H14ClFN2O3S/c1-7-9(3)25-16-13(7)15(22)20-14(21-16)8(2)24-17(23)11-5-4-10(19)6-12(11)18/h4-6,8H,1-3H3,(H,20,21,22). The molecule has 8 heteroatoms. The summed E-state index contributed by atoms with van der Waals surface area (Å²) in [7, 11) is 0. The molecule has 1 aromatic carbocycles. The van der Waals surface area contributed by atoms with Gasteiger partial charge in [0.1, 0.15) is 10.6 Å². The maximum atomic E-state index is 13.1. The lowest BCUT2D eigenvalue weighted by Crippen LogP contribution is -2.17. The zero-order valence-electron chi connectivity index (χ0n) is 13.6. The summed E-state index contributed by atoms with van der Waals surface area (Å²) < 4.78 is 18.4. The highest BCUT2D eigenvalue weighted by Gasteiger charge is 2.20. The van der Waals surface area contributed by atoms with E-state index in [-0.39, 0.29) is 22.0 Å². The van der Waals surface area contributed by atoms with Crippen molar-refractivity contribution in [1.82, 2.24) is 9.97 Å². The molecule has 0 aliphatic carbocycles. The van der Waals surface area contributed by atoms with E-state index in [9.17, 15) is 14.0 Å². The monoisotopic (exact) mass is 380 g/mol. The minimum Gasteiger partial charge on any atom is -0.451 e. The van der Waals surface area contributed by atoms with Crippen molar-refractivity contribution < 1.29 is 13.9 Å². The van der Waals surface area contributed by atoms with Crippen LogP contribution in [0.4, 0.5) is 4.39 Å². The van der Waals surface area contributed by atoms with Gasteiger partial charge in [0.25, 0.3) is 5.56 Å². The molecule has 5 nitrogen and oxygen atoms in total. The molecule has 1 N–H and O–H groups in total. The minimum atomic E-state index is -0.798. The maximum Gasteiger partial charge on any atom is 0.340 e. The van der Waals surface area contributed by atoms with Crippen molar-refractivity contribution in [3.63, 3.8) is 0 Å². The van der Waals surface area contributed by atoms with Crippen molar-refractivity contribution in [3.05, 3.63) is 61.2 Å². The number of aromatic nitrogens is 2. The third-order valence-corrected chi connectivity index (χ3v) is 5.29. The summed E-state index contributed by atoms with van der Waals surface area (Å²) in [5.74, 6) is -1.03. The molecule has 130 valence electrons. The van der Waals surface area contributed by atoms with E-state index in [2.05, 4.69) is 9.97 Å². The molecule has 2 aromatic heterocycles. The van der Waals surface area contributed by atoms with Crippen LogP contribution in [0.25, 0.3) is 10.2 Å². The molecule has 0 saturated heterocycles. The Kier molecular flexibility index (Phi) is 4.62.